The van der Waals surface area contributed by atoms with E-state index in [1.54, 1.807) is 0 Å². The minimum absolute atomic E-state index is 0. The molecule has 10 heavy (non-hydrogen) atoms. The molecule has 2 rings (SSSR count). The van der Waals surface area contributed by atoms with Gasteiger partial charge in [-0.2, -0.15) is 6.20 Å². The fourth-order valence-electron chi connectivity index (χ4n) is 0.944. The number of para-hydroxylation sites is 1. The van der Waals surface area contributed by atoms with E-state index in [1.807, 2.05) is 30.5 Å². The molecule has 0 aliphatic rings. The van der Waals surface area contributed by atoms with Gasteiger partial charge in [0.1, 0.15) is 0 Å². The van der Waals surface area contributed by atoms with Crippen molar-refractivity contribution in [1.82, 2.24) is 4.98 Å². The molecule has 1 heterocycles. The summed E-state index contributed by atoms with van der Waals surface area (Å²) in [7, 11) is 0. The standard InChI is InChI=1S/C8H6N.Zn/c1-2-4-8-7(3-1)5-6-9-8;/h1-6H;/q-1;. The first kappa shape index (κ1) is 7.49. The second kappa shape index (κ2) is 2.98. The Morgan fingerprint density at radius 2 is 1.80 bits per heavy atom. The number of aromatic nitrogens is 1. The van der Waals surface area contributed by atoms with Crippen LogP contribution in [0.25, 0.3) is 10.9 Å². The van der Waals surface area contributed by atoms with Gasteiger partial charge in [-0.3, -0.25) is 0 Å². The molecule has 0 aliphatic carbocycles. The van der Waals surface area contributed by atoms with Gasteiger partial charge in [-0.25, -0.2) is 0 Å². The number of hydrogen-bond donors (Lipinski definition) is 0. The SMILES string of the molecule is [Zn].c1ccc2[n-]ccc2c1. The van der Waals surface area contributed by atoms with Crippen molar-refractivity contribution in [3.8, 4) is 0 Å². The second-order valence-electron chi connectivity index (χ2n) is 2.00. The van der Waals surface area contributed by atoms with Gasteiger partial charge >= 0.3 is 0 Å². The van der Waals surface area contributed by atoms with E-state index in [9.17, 15) is 0 Å². The third-order valence-corrected chi connectivity index (χ3v) is 1.40. The van der Waals surface area contributed by atoms with Crippen LogP contribution in [0.5, 0.6) is 0 Å². The molecule has 0 fully saturated rings. The van der Waals surface area contributed by atoms with E-state index in [1.165, 1.54) is 5.39 Å². The molecule has 0 amide bonds. The summed E-state index contributed by atoms with van der Waals surface area (Å²) in [6.07, 6.45) is 1.82. The second-order valence-corrected chi connectivity index (χ2v) is 2.00. The van der Waals surface area contributed by atoms with Gasteiger partial charge in [0.25, 0.3) is 0 Å². The fraction of sp³-hybridized carbons (Fsp3) is 0. The molecule has 0 unspecified atom stereocenters. The Kier molecular flexibility index (Phi) is 2.23. The zero-order valence-corrected chi connectivity index (χ0v) is 8.59. The molecule has 1 aromatic heterocycles. The Balaban J connectivity index is 0.000000500. The van der Waals surface area contributed by atoms with Gasteiger partial charge < -0.3 is 4.98 Å². The van der Waals surface area contributed by atoms with E-state index in [0.717, 1.165) is 5.52 Å². The Morgan fingerprint density at radius 3 is 2.60 bits per heavy atom. The molecule has 2 aromatic rings. The molecule has 2 heteroatoms. The van der Waals surface area contributed by atoms with Crippen molar-refractivity contribution in [2.45, 2.75) is 0 Å². The maximum Gasteiger partial charge on any atom is 0 e. The van der Waals surface area contributed by atoms with Crippen molar-refractivity contribution in [2.75, 3.05) is 0 Å². The quantitative estimate of drug-likeness (QED) is 0.566. The Morgan fingerprint density at radius 1 is 1.00 bits per heavy atom. The van der Waals surface area contributed by atoms with Crippen LogP contribution in [-0.2, 0) is 19.5 Å². The normalized spacial score (nSPS) is 9.20. The zero-order valence-electron chi connectivity index (χ0n) is 5.62. The van der Waals surface area contributed by atoms with Crippen LogP contribution in [0.4, 0.5) is 0 Å². The average molecular weight is 182 g/mol. The molecule has 0 N–H and O–H groups in total. The number of rotatable bonds is 0. The van der Waals surface area contributed by atoms with E-state index in [0.29, 0.717) is 0 Å². The van der Waals surface area contributed by atoms with Gasteiger partial charge in [0.2, 0.25) is 0 Å². The molecular formula is C8H6NZn-. The molecule has 0 saturated heterocycles. The monoisotopic (exact) mass is 180 g/mol. The van der Waals surface area contributed by atoms with Crippen LogP contribution in [0.15, 0.2) is 36.5 Å². The van der Waals surface area contributed by atoms with E-state index in [2.05, 4.69) is 11.1 Å². The third kappa shape index (κ3) is 1.12. The van der Waals surface area contributed by atoms with Gasteiger partial charge in [-0.15, -0.1) is 5.52 Å². The Bertz CT molecular complexity index is 283. The largest absolute Gasteiger partial charge is 0.664 e. The molecule has 0 atom stereocenters. The summed E-state index contributed by atoms with van der Waals surface area (Å²) in [5.74, 6) is 0. The fourth-order valence-corrected chi connectivity index (χ4v) is 0.944. The van der Waals surface area contributed by atoms with Crippen LogP contribution in [0.1, 0.15) is 0 Å². The summed E-state index contributed by atoms with van der Waals surface area (Å²) in [6.45, 7) is 0. The summed E-state index contributed by atoms with van der Waals surface area (Å²) in [5, 5.41) is 1.22. The van der Waals surface area contributed by atoms with E-state index in [-0.39, 0.29) is 19.5 Å². The van der Waals surface area contributed by atoms with E-state index < -0.39 is 0 Å². The van der Waals surface area contributed by atoms with Gasteiger partial charge in [-0.1, -0.05) is 30.3 Å². The first-order valence-electron chi connectivity index (χ1n) is 2.93. The number of benzene rings is 1. The van der Waals surface area contributed by atoms with E-state index in [4.69, 9.17) is 0 Å². The molecule has 1 aromatic carbocycles. The first-order chi connectivity index (χ1) is 4.47. The molecule has 46 valence electrons. The van der Waals surface area contributed by atoms with Crippen LogP contribution >= 0.6 is 0 Å². The molecule has 0 bridgehead atoms. The van der Waals surface area contributed by atoms with Gasteiger partial charge in [0.15, 0.2) is 0 Å². The summed E-state index contributed by atoms with van der Waals surface area (Å²) in [5.41, 5.74) is 1.08. The van der Waals surface area contributed by atoms with Crippen LogP contribution < -0.4 is 4.98 Å². The van der Waals surface area contributed by atoms with Crippen molar-refractivity contribution >= 4 is 10.9 Å². The molecular weight excluding hydrogens is 175 g/mol. The van der Waals surface area contributed by atoms with Gasteiger partial charge in [-0.05, 0) is 5.39 Å². The maximum atomic E-state index is 4.12. The minimum Gasteiger partial charge on any atom is -0.664 e. The predicted octanol–water partition coefficient (Wildman–Crippen LogP) is 1.79. The Hall–Kier alpha value is -0.617. The zero-order chi connectivity index (χ0) is 6.10. The number of fused-ring (bicyclic) bond motifs is 1. The van der Waals surface area contributed by atoms with Crippen LogP contribution in [-0.4, -0.2) is 0 Å². The van der Waals surface area contributed by atoms with Crippen molar-refractivity contribution in [3.05, 3.63) is 36.5 Å². The Labute approximate surface area is 72.2 Å². The molecule has 0 saturated carbocycles. The number of nitrogens with zero attached hydrogens (tertiary/aromatic N) is 1. The predicted molar refractivity (Wildman–Crippen MR) is 37.3 cm³/mol. The van der Waals surface area contributed by atoms with Crippen LogP contribution in [0.2, 0.25) is 0 Å². The van der Waals surface area contributed by atoms with Crippen LogP contribution in [0.3, 0.4) is 0 Å². The maximum absolute atomic E-state index is 4.12. The minimum atomic E-state index is 0. The van der Waals surface area contributed by atoms with Crippen LogP contribution in [0, 0.1) is 0 Å². The van der Waals surface area contributed by atoms with Crippen molar-refractivity contribution in [1.29, 1.82) is 0 Å². The molecule has 1 nitrogen and oxygen atoms in total. The van der Waals surface area contributed by atoms with Crippen molar-refractivity contribution in [2.24, 2.45) is 0 Å². The summed E-state index contributed by atoms with van der Waals surface area (Å²) >= 11 is 0. The average Bonchev–Trinajstić information content (AvgIpc) is 2.33. The summed E-state index contributed by atoms with van der Waals surface area (Å²) in [4.78, 5) is 4.12. The van der Waals surface area contributed by atoms with Crippen molar-refractivity contribution in [3.63, 3.8) is 0 Å². The van der Waals surface area contributed by atoms with Gasteiger partial charge in [0, 0.05) is 19.5 Å². The van der Waals surface area contributed by atoms with Gasteiger partial charge in [0.05, 0.1) is 0 Å². The molecule has 0 aliphatic heterocycles. The molecule has 0 spiro atoms. The topological polar surface area (TPSA) is 14.1 Å². The third-order valence-electron chi connectivity index (χ3n) is 1.40. The molecule has 0 radical (unpaired) electrons. The number of hydrogen-bond acceptors (Lipinski definition) is 0. The smallest absolute Gasteiger partial charge is 0 e. The first-order valence-corrected chi connectivity index (χ1v) is 2.93. The van der Waals surface area contributed by atoms with Crippen molar-refractivity contribution < 1.29 is 19.5 Å². The summed E-state index contributed by atoms with van der Waals surface area (Å²) < 4.78 is 0. The van der Waals surface area contributed by atoms with E-state index >= 15 is 0 Å². The summed E-state index contributed by atoms with van der Waals surface area (Å²) in [6, 6.07) is 10.1.